The lowest BCUT2D eigenvalue weighted by Gasteiger charge is -2.13. The Morgan fingerprint density at radius 2 is 1.92 bits per heavy atom. The number of aryl methyl sites for hydroxylation is 1. The SMILES string of the molecule is Cc1cccnc1-c1cc2cccnc2c(CC(=O)N(O)S(N)(=O)=O)n1. The molecule has 0 aromatic carbocycles. The number of hydroxylamine groups is 1. The Morgan fingerprint density at radius 3 is 2.62 bits per heavy atom. The number of hydrogen-bond donors (Lipinski definition) is 2. The minimum Gasteiger partial charge on any atom is -0.271 e. The van der Waals surface area contributed by atoms with Gasteiger partial charge in [-0.05, 0) is 30.7 Å². The van der Waals surface area contributed by atoms with Crippen LogP contribution in [-0.4, -0.2) is 39.0 Å². The summed E-state index contributed by atoms with van der Waals surface area (Å²) in [7, 11) is -4.57. The third-order valence-electron chi connectivity index (χ3n) is 3.69. The quantitative estimate of drug-likeness (QED) is 0.513. The molecule has 0 saturated heterocycles. The summed E-state index contributed by atoms with van der Waals surface area (Å²) in [6, 6.07) is 8.96. The van der Waals surface area contributed by atoms with Gasteiger partial charge in [0, 0.05) is 17.8 Å². The summed E-state index contributed by atoms with van der Waals surface area (Å²) in [5.74, 6) is -1.14. The third-order valence-corrected chi connectivity index (χ3v) is 4.37. The molecular weight excluding hydrogens is 358 g/mol. The fourth-order valence-corrected chi connectivity index (χ4v) is 2.85. The molecule has 3 aromatic rings. The van der Waals surface area contributed by atoms with Crippen LogP contribution in [0.15, 0.2) is 42.7 Å². The molecule has 134 valence electrons. The van der Waals surface area contributed by atoms with Gasteiger partial charge in [0.25, 0.3) is 5.91 Å². The zero-order valence-corrected chi connectivity index (χ0v) is 14.5. The van der Waals surface area contributed by atoms with Crippen LogP contribution >= 0.6 is 0 Å². The van der Waals surface area contributed by atoms with Crippen molar-refractivity contribution in [3.05, 3.63) is 54.0 Å². The summed E-state index contributed by atoms with van der Waals surface area (Å²) in [5.41, 5.74) is 2.64. The minimum absolute atomic E-state index is 0.204. The van der Waals surface area contributed by atoms with Crippen LogP contribution in [0, 0.1) is 6.92 Å². The first kappa shape index (κ1) is 17.9. The Labute approximate surface area is 149 Å². The predicted octanol–water partition coefficient (Wildman–Crippen LogP) is 0.964. The van der Waals surface area contributed by atoms with E-state index in [0.29, 0.717) is 22.3 Å². The lowest BCUT2D eigenvalue weighted by molar-refractivity contribution is -0.145. The van der Waals surface area contributed by atoms with Crippen LogP contribution in [0.2, 0.25) is 0 Å². The van der Waals surface area contributed by atoms with Crippen LogP contribution in [0.1, 0.15) is 11.3 Å². The second kappa shape index (κ2) is 6.75. The van der Waals surface area contributed by atoms with Gasteiger partial charge in [-0.2, -0.15) is 8.42 Å². The molecule has 0 aliphatic rings. The van der Waals surface area contributed by atoms with Gasteiger partial charge in [0.1, 0.15) is 0 Å². The molecule has 1 amide bonds. The van der Waals surface area contributed by atoms with Crippen molar-refractivity contribution >= 4 is 27.0 Å². The zero-order valence-electron chi connectivity index (χ0n) is 13.7. The van der Waals surface area contributed by atoms with E-state index in [2.05, 4.69) is 15.0 Å². The molecule has 0 saturated carbocycles. The van der Waals surface area contributed by atoms with Crippen LogP contribution in [0.25, 0.3) is 22.3 Å². The molecule has 0 aliphatic heterocycles. The topological polar surface area (TPSA) is 139 Å². The summed E-state index contributed by atoms with van der Waals surface area (Å²) in [6.07, 6.45) is 2.65. The summed E-state index contributed by atoms with van der Waals surface area (Å²) in [6.45, 7) is 1.87. The average Bonchev–Trinajstić information content (AvgIpc) is 2.60. The molecule has 3 heterocycles. The van der Waals surface area contributed by atoms with Crippen molar-refractivity contribution in [2.75, 3.05) is 0 Å². The number of fused-ring (bicyclic) bond motifs is 1. The van der Waals surface area contributed by atoms with Gasteiger partial charge < -0.3 is 0 Å². The van der Waals surface area contributed by atoms with Gasteiger partial charge in [0.15, 0.2) is 0 Å². The second-order valence-corrected chi connectivity index (χ2v) is 6.93. The third kappa shape index (κ3) is 3.52. The molecule has 26 heavy (non-hydrogen) atoms. The number of carbonyl (C=O) groups is 1. The maximum Gasteiger partial charge on any atom is 0.324 e. The number of rotatable bonds is 4. The number of pyridine rings is 3. The zero-order chi connectivity index (χ0) is 18.9. The van der Waals surface area contributed by atoms with Gasteiger partial charge in [0.05, 0.1) is 29.0 Å². The highest BCUT2D eigenvalue weighted by molar-refractivity contribution is 7.87. The fraction of sp³-hybridized carbons (Fsp3) is 0.125. The Bertz CT molecular complexity index is 1100. The first-order valence-electron chi connectivity index (χ1n) is 7.49. The molecule has 3 N–H and O–H groups in total. The van der Waals surface area contributed by atoms with Crippen LogP contribution < -0.4 is 5.14 Å². The van der Waals surface area contributed by atoms with E-state index in [4.69, 9.17) is 5.14 Å². The van der Waals surface area contributed by atoms with E-state index in [9.17, 15) is 18.4 Å². The lowest BCUT2D eigenvalue weighted by atomic mass is 10.1. The largest absolute Gasteiger partial charge is 0.324 e. The van der Waals surface area contributed by atoms with Gasteiger partial charge in [-0.15, -0.1) is 0 Å². The average molecular weight is 373 g/mol. The van der Waals surface area contributed by atoms with Crippen molar-refractivity contribution in [3.8, 4) is 11.4 Å². The van der Waals surface area contributed by atoms with E-state index in [1.165, 1.54) is 6.20 Å². The van der Waals surface area contributed by atoms with Crippen LogP contribution in [0.3, 0.4) is 0 Å². The van der Waals surface area contributed by atoms with E-state index in [0.717, 1.165) is 5.56 Å². The van der Waals surface area contributed by atoms with Crippen LogP contribution in [0.5, 0.6) is 0 Å². The van der Waals surface area contributed by atoms with Crippen molar-refractivity contribution < 1.29 is 18.4 Å². The molecule has 9 nitrogen and oxygen atoms in total. The van der Waals surface area contributed by atoms with Gasteiger partial charge in [-0.1, -0.05) is 16.6 Å². The molecule has 0 unspecified atom stereocenters. The molecule has 0 bridgehead atoms. The summed E-state index contributed by atoms with van der Waals surface area (Å²) in [5, 5.41) is 14.9. The van der Waals surface area contributed by atoms with E-state index < -0.39 is 27.0 Å². The Hall–Kier alpha value is -2.95. The van der Waals surface area contributed by atoms with Gasteiger partial charge in [-0.3, -0.25) is 20.0 Å². The van der Waals surface area contributed by atoms with Gasteiger partial charge in [-0.25, -0.2) is 10.1 Å². The maximum absolute atomic E-state index is 12.1. The molecule has 0 atom stereocenters. The van der Waals surface area contributed by atoms with Crippen molar-refractivity contribution in [2.24, 2.45) is 5.14 Å². The molecule has 0 radical (unpaired) electrons. The number of amides is 1. The molecule has 10 heteroatoms. The summed E-state index contributed by atoms with van der Waals surface area (Å²) in [4.78, 5) is 25.0. The molecule has 0 fully saturated rings. The Morgan fingerprint density at radius 1 is 1.23 bits per heavy atom. The van der Waals surface area contributed by atoms with Crippen molar-refractivity contribution in [2.45, 2.75) is 13.3 Å². The lowest BCUT2D eigenvalue weighted by Crippen LogP contribution is -2.39. The van der Waals surface area contributed by atoms with E-state index in [-0.39, 0.29) is 5.69 Å². The van der Waals surface area contributed by atoms with Crippen molar-refractivity contribution in [3.63, 3.8) is 0 Å². The predicted molar refractivity (Wildman–Crippen MR) is 92.9 cm³/mol. The second-order valence-electron chi connectivity index (χ2n) is 5.56. The van der Waals surface area contributed by atoms with Gasteiger partial charge in [0.2, 0.25) is 0 Å². The first-order valence-corrected chi connectivity index (χ1v) is 8.99. The Kier molecular flexibility index (Phi) is 4.64. The highest BCUT2D eigenvalue weighted by Gasteiger charge is 2.24. The van der Waals surface area contributed by atoms with Crippen molar-refractivity contribution in [1.29, 1.82) is 0 Å². The number of carbonyl (C=O) groups excluding carboxylic acids is 1. The Balaban J connectivity index is 2.12. The fourth-order valence-electron chi connectivity index (χ4n) is 2.50. The first-order chi connectivity index (χ1) is 12.3. The van der Waals surface area contributed by atoms with E-state index in [1.54, 1.807) is 30.5 Å². The molecule has 3 rings (SSSR count). The highest BCUT2D eigenvalue weighted by atomic mass is 32.2. The number of aromatic nitrogens is 3. The number of nitrogens with two attached hydrogens (primary N) is 1. The number of hydrogen-bond acceptors (Lipinski definition) is 7. The highest BCUT2D eigenvalue weighted by Crippen LogP contribution is 2.25. The molecule has 0 spiro atoms. The monoisotopic (exact) mass is 373 g/mol. The number of nitrogens with zero attached hydrogens (tertiary/aromatic N) is 4. The van der Waals surface area contributed by atoms with Crippen LogP contribution in [-0.2, 0) is 21.4 Å². The van der Waals surface area contributed by atoms with Crippen LogP contribution in [0.4, 0.5) is 0 Å². The van der Waals surface area contributed by atoms with Gasteiger partial charge >= 0.3 is 10.2 Å². The normalized spacial score (nSPS) is 11.5. The maximum atomic E-state index is 12.1. The molecule has 0 aliphatic carbocycles. The van der Waals surface area contributed by atoms with Crippen molar-refractivity contribution in [1.82, 2.24) is 19.4 Å². The van der Waals surface area contributed by atoms with E-state index in [1.807, 2.05) is 13.0 Å². The molecular formula is C16H15N5O4S. The summed E-state index contributed by atoms with van der Waals surface area (Å²) < 4.78 is 21.8. The summed E-state index contributed by atoms with van der Waals surface area (Å²) >= 11 is 0. The minimum atomic E-state index is -4.57. The standard InChI is InChI=1S/C16H15N5O4S/c1-10-4-2-6-18-15(10)12-8-11-5-3-7-19-16(11)13(20-12)9-14(22)21(23)26(17,24)25/h2-8,23H,9H2,1H3,(H2,17,24,25). The molecule has 3 aromatic heterocycles. The van der Waals surface area contributed by atoms with E-state index >= 15 is 0 Å². The smallest absolute Gasteiger partial charge is 0.271 e.